The molecule has 1 aliphatic heterocycles. The fourth-order valence-corrected chi connectivity index (χ4v) is 10.2. The monoisotopic (exact) mass is 1090 g/mol. The molecule has 0 spiro atoms. The maximum Gasteiger partial charge on any atom is 0.135 e. The number of hydrogen-bond acceptors (Lipinski definition) is 4. The minimum Gasteiger partial charge on any atom is -0.509 e. The van der Waals surface area contributed by atoms with Crippen LogP contribution in [0.25, 0.3) is 38.8 Å². The molecule has 354 valence electrons. The summed E-state index contributed by atoms with van der Waals surface area (Å²) in [7, 11) is -1.59. The summed E-state index contributed by atoms with van der Waals surface area (Å²) in [4.78, 5) is 9.60. The molecule has 7 heteroatoms. The van der Waals surface area contributed by atoms with E-state index in [2.05, 4.69) is 245 Å². The zero-order valence-electron chi connectivity index (χ0n) is 42.7. The molecule has 0 N–H and O–H groups in total. The third-order valence-electron chi connectivity index (χ3n) is 13.3. The van der Waals surface area contributed by atoms with Crippen molar-refractivity contribution in [2.45, 2.75) is 124 Å². The molecule has 68 heavy (non-hydrogen) atoms. The number of ether oxygens (including phenoxy) is 1. The van der Waals surface area contributed by atoms with Crippen molar-refractivity contribution in [2.24, 2.45) is 0 Å². The average molecular weight is 1100 g/mol. The quantitative estimate of drug-likeness (QED) is 0.118. The maximum atomic E-state index is 6.78. The number of fused-ring (bicyclic) bond motifs is 4. The summed E-state index contributed by atoms with van der Waals surface area (Å²) in [6.07, 6.45) is 1.92. The summed E-state index contributed by atoms with van der Waals surface area (Å²) in [5.41, 5.74) is 13.7. The van der Waals surface area contributed by atoms with Crippen molar-refractivity contribution in [3.63, 3.8) is 0 Å². The van der Waals surface area contributed by atoms with Gasteiger partial charge in [-0.3, -0.25) is 0 Å². The van der Waals surface area contributed by atoms with E-state index in [4.69, 9.17) is 9.72 Å². The van der Waals surface area contributed by atoms with Crippen LogP contribution in [0, 0.1) is 18.8 Å². The summed E-state index contributed by atoms with van der Waals surface area (Å²) in [5.74, 6) is 2.08. The first-order valence-electron chi connectivity index (χ1n) is 23.9. The number of pyridine rings is 1. The minimum absolute atomic E-state index is 0. The number of para-hydroxylation sites is 1. The van der Waals surface area contributed by atoms with Gasteiger partial charge in [-0.1, -0.05) is 168 Å². The van der Waals surface area contributed by atoms with Crippen molar-refractivity contribution in [3.05, 3.63) is 169 Å². The van der Waals surface area contributed by atoms with Gasteiger partial charge in [0.2, 0.25) is 0 Å². The van der Waals surface area contributed by atoms with Crippen molar-refractivity contribution in [1.29, 1.82) is 0 Å². The second-order valence-corrected chi connectivity index (χ2v) is 28.8. The van der Waals surface area contributed by atoms with E-state index in [1.807, 2.05) is 18.3 Å². The summed E-state index contributed by atoms with van der Waals surface area (Å²) < 4.78 is 9.02. The van der Waals surface area contributed by atoms with E-state index in [0.717, 1.165) is 45.0 Å². The van der Waals surface area contributed by atoms with Gasteiger partial charge in [0.25, 0.3) is 0 Å². The van der Waals surface area contributed by atoms with Gasteiger partial charge in [0.05, 0.1) is 8.07 Å². The zero-order chi connectivity index (χ0) is 48.0. The number of aromatic nitrogens is 2. The van der Waals surface area contributed by atoms with E-state index in [1.54, 1.807) is 0 Å². The molecule has 0 unspecified atom stereocenters. The number of hydrogen-bond donors (Lipinski definition) is 0. The van der Waals surface area contributed by atoms with Crippen LogP contribution in [0.2, 0.25) is 19.6 Å². The molecule has 0 radical (unpaired) electrons. The molecule has 0 saturated heterocycles. The van der Waals surface area contributed by atoms with Gasteiger partial charge >= 0.3 is 0 Å². The summed E-state index contributed by atoms with van der Waals surface area (Å²) in [6, 6.07) is 51.9. The fraction of sp³-hybridized carbons (Fsp3) is 0.311. The Kier molecular flexibility index (Phi) is 12.6. The molecule has 0 aliphatic carbocycles. The van der Waals surface area contributed by atoms with Crippen LogP contribution in [0.15, 0.2) is 128 Å². The largest absolute Gasteiger partial charge is 0.509 e. The molecule has 0 saturated carbocycles. The predicted octanol–water partition coefficient (Wildman–Crippen LogP) is 16.4. The van der Waals surface area contributed by atoms with Gasteiger partial charge in [0, 0.05) is 66.9 Å². The molecule has 2 aromatic heterocycles. The molecule has 0 amide bonds. The van der Waals surface area contributed by atoms with Gasteiger partial charge in [-0.25, -0.2) is 4.98 Å². The first kappa shape index (κ1) is 49.0. The fourth-order valence-electron chi connectivity index (χ4n) is 9.06. The standard InChI is InChI=1S/C61H67N4OSi.Pt/c1-58(2,3)41-25-28-53-52(35-41)51-27-26-48(38-55(51)65(53)56-36-42(29-30-62-56)59(4,5)6)66-47-21-17-20-45(37-47)63-39-64(46-33-43(60(7,8)9)32-44(34-46)61(10,11)12)57-50(23-18-24-54(57)63)40-19-16-22-49(31-40)67(13,14)15;/h16-36,39H,1-15H3;/q-3;. The molecule has 8 aromatic rings. The second-order valence-electron chi connectivity index (χ2n) is 23.7. The Morgan fingerprint density at radius 3 is 1.85 bits per heavy atom. The Morgan fingerprint density at radius 1 is 0.559 bits per heavy atom. The SMILES string of the molecule is CC(C)(C)c1cc(N2[CH-]N(c3[c-]c(Oc4[c-]c5c(cc4)c4cc(C(C)(C)C)ccc4n5-c4cc(C(C)(C)C)ccn4)ccc3)c3cccc(-c4cccc([Si](C)(C)C)c4)c32)cc(C(C)(C)C)c1.[Pt]. The van der Waals surface area contributed by atoms with Crippen LogP contribution >= 0.6 is 0 Å². The van der Waals surface area contributed by atoms with Gasteiger partial charge in [-0.15, -0.1) is 48.1 Å². The van der Waals surface area contributed by atoms with E-state index in [-0.39, 0.29) is 42.7 Å². The van der Waals surface area contributed by atoms with E-state index < -0.39 is 8.07 Å². The normalized spacial score (nSPS) is 13.6. The van der Waals surface area contributed by atoms with E-state index >= 15 is 0 Å². The molecule has 5 nitrogen and oxygen atoms in total. The first-order chi connectivity index (χ1) is 31.3. The third-order valence-corrected chi connectivity index (χ3v) is 15.3. The van der Waals surface area contributed by atoms with Gasteiger partial charge < -0.3 is 19.1 Å². The summed E-state index contributed by atoms with van der Waals surface area (Å²) in [5, 5.41) is 3.72. The Labute approximate surface area is 421 Å². The minimum atomic E-state index is -1.59. The summed E-state index contributed by atoms with van der Waals surface area (Å²) >= 11 is 0. The molecule has 0 atom stereocenters. The molecular weight excluding hydrogens is 1030 g/mol. The topological polar surface area (TPSA) is 33.5 Å². The number of benzene rings is 6. The van der Waals surface area contributed by atoms with Crippen molar-refractivity contribution in [3.8, 4) is 28.4 Å². The Bertz CT molecular complexity index is 3150. The van der Waals surface area contributed by atoms with E-state index in [0.29, 0.717) is 11.5 Å². The van der Waals surface area contributed by atoms with Crippen LogP contribution in [0.5, 0.6) is 11.5 Å². The second kappa shape index (κ2) is 17.5. The maximum absolute atomic E-state index is 6.78. The summed E-state index contributed by atoms with van der Waals surface area (Å²) in [6.45, 7) is 36.8. The van der Waals surface area contributed by atoms with Crippen molar-refractivity contribution in [1.82, 2.24) is 9.55 Å². The van der Waals surface area contributed by atoms with Crippen LogP contribution in [0.3, 0.4) is 0 Å². The van der Waals surface area contributed by atoms with Gasteiger partial charge in [0.15, 0.2) is 0 Å². The predicted molar refractivity (Wildman–Crippen MR) is 287 cm³/mol. The molecule has 9 rings (SSSR count). The Morgan fingerprint density at radius 2 is 1.19 bits per heavy atom. The average Bonchev–Trinajstić information content (AvgIpc) is 3.81. The van der Waals surface area contributed by atoms with Crippen LogP contribution in [-0.4, -0.2) is 17.6 Å². The number of anilines is 4. The van der Waals surface area contributed by atoms with Crippen LogP contribution in [-0.2, 0) is 42.7 Å². The van der Waals surface area contributed by atoms with Gasteiger partial charge in [0.1, 0.15) is 5.82 Å². The van der Waals surface area contributed by atoms with E-state index in [9.17, 15) is 0 Å². The van der Waals surface area contributed by atoms with Crippen molar-refractivity contribution < 1.29 is 25.8 Å². The number of nitrogens with zero attached hydrogens (tertiary/aromatic N) is 4. The van der Waals surface area contributed by atoms with Gasteiger partial charge in [-0.05, 0) is 91.3 Å². The Hall–Kier alpha value is -5.42. The van der Waals surface area contributed by atoms with Crippen LogP contribution in [0.4, 0.5) is 22.7 Å². The molecule has 3 heterocycles. The van der Waals surface area contributed by atoms with Gasteiger partial charge in [-0.2, -0.15) is 12.1 Å². The molecular formula is C61H67N4OPtSi-3. The van der Waals surface area contributed by atoms with Crippen molar-refractivity contribution >= 4 is 57.8 Å². The molecule has 1 aliphatic rings. The van der Waals surface area contributed by atoms with Crippen molar-refractivity contribution in [2.75, 3.05) is 9.80 Å². The smallest absolute Gasteiger partial charge is 0.135 e. The van der Waals surface area contributed by atoms with Crippen LogP contribution < -0.4 is 19.7 Å². The molecule has 0 bridgehead atoms. The molecule has 0 fully saturated rings. The zero-order valence-corrected chi connectivity index (χ0v) is 46.0. The first-order valence-corrected chi connectivity index (χ1v) is 27.4. The van der Waals surface area contributed by atoms with Crippen LogP contribution in [0.1, 0.15) is 105 Å². The Balaban J connectivity index is 0.00000625. The molecule has 6 aromatic carbocycles. The number of rotatable bonds is 7. The van der Waals surface area contributed by atoms with E-state index in [1.165, 1.54) is 44.0 Å². The third kappa shape index (κ3) is 9.48.